The molecule has 0 radical (unpaired) electrons. The predicted molar refractivity (Wildman–Crippen MR) is 564 cm³/mol. The van der Waals surface area contributed by atoms with Gasteiger partial charge in [-0.3, -0.25) is 19.2 Å². The van der Waals surface area contributed by atoms with E-state index in [0.29, 0.717) is 145 Å². The Balaban J connectivity index is 0.000000145. The summed E-state index contributed by atoms with van der Waals surface area (Å²) in [5.74, 6) is -3.21. The second kappa shape index (κ2) is 54.8. The van der Waals surface area contributed by atoms with Crippen molar-refractivity contribution in [2.75, 3.05) is 122 Å². The number of carbonyl (C=O) groups excluding carboxylic acids is 10. The van der Waals surface area contributed by atoms with Crippen molar-refractivity contribution in [2.24, 2.45) is 92.7 Å². The Bertz CT molecular complexity index is 4680. The lowest BCUT2D eigenvalue weighted by Crippen LogP contribution is -2.56. The lowest BCUT2D eigenvalue weighted by Gasteiger charge is -2.59. The number of hydrogen-bond donors (Lipinski definition) is 2. The van der Waals surface area contributed by atoms with Gasteiger partial charge in [-0.1, -0.05) is 121 Å². The molecular weight excluding hydrogens is 2030 g/mol. The molecular formula is C116H160F8O22S4+4. The number of alkyl halides is 8. The molecule has 4 heterocycles. The van der Waals surface area contributed by atoms with Crippen molar-refractivity contribution < 1.29 is 141 Å². The molecule has 24 rings (SSSR count). The summed E-state index contributed by atoms with van der Waals surface area (Å²) in [5.41, 5.74) is 3.66. The van der Waals surface area contributed by atoms with Gasteiger partial charge in [0.1, 0.15) is 70.4 Å². The Morgan fingerprint density at radius 1 is 0.307 bits per heavy atom. The van der Waals surface area contributed by atoms with Crippen LogP contribution in [-0.2, 0) is 120 Å². The third-order valence-electron chi connectivity index (χ3n) is 33.3. The second-order valence-corrected chi connectivity index (χ2v) is 55.2. The number of aliphatic hydroxyl groups is 2. The maximum Gasteiger partial charge on any atom is 0.377 e. The molecule has 4 aromatic carbocycles. The minimum atomic E-state index is -3.62. The van der Waals surface area contributed by atoms with Crippen molar-refractivity contribution in [3.63, 3.8) is 0 Å². The lowest BCUT2D eigenvalue weighted by molar-refractivity contribution is -0.216. The van der Waals surface area contributed by atoms with Crippen LogP contribution in [0.15, 0.2) is 121 Å². The molecule has 20 fully saturated rings. The first-order valence-electron chi connectivity index (χ1n) is 54.6. The maximum atomic E-state index is 13.2. The summed E-state index contributed by atoms with van der Waals surface area (Å²) in [6, 6.07) is 38.6. The largest absolute Gasteiger partial charge is 0.459 e. The molecule has 10 atom stereocenters. The normalized spacial score (nSPS) is 30.7. The minimum absolute atomic E-state index is 0.0316. The van der Waals surface area contributed by atoms with Crippen molar-refractivity contribution in [3.05, 3.63) is 144 Å². The molecule has 20 aliphatic rings. The van der Waals surface area contributed by atoms with Gasteiger partial charge >= 0.3 is 59.5 Å². The average molecular weight is 2190 g/mol. The second-order valence-electron chi connectivity index (χ2n) is 45.9. The molecule has 16 bridgehead atoms. The van der Waals surface area contributed by atoms with Gasteiger partial charge in [0.05, 0.1) is 13.2 Å². The topological polar surface area (TPSA) is 303 Å². The summed E-state index contributed by atoms with van der Waals surface area (Å²) in [4.78, 5) is 116. The van der Waals surface area contributed by atoms with Crippen LogP contribution in [0.4, 0.5) is 35.1 Å². The standard InChI is InChI=1S/C20H30F2O6.C18H28F2O4.C16H22F2O5.C14H20F2O3.4C12H15OS/c1-4-25-12(2)27-11-20-7-13-5-14(8-20)17(15(6-13)9-20)28-16(23)10-26-18(24)19(3,21)22;1-4-22-11(2)23-10-18-7-12-5-13(8-18)15(14(6-12)9-18)24-16(21)17(3,19)20;1-15(17,18)14(21)22-7-12(20)23-13-10-2-9-3-11(13)6-16(4-9,5-10)8-19;1-13(15,16)12(18)19-11-9-2-8-3-10(11)6-14(4-8,5-9)7-17;4*13-12(10-14-8-4-5-9-14)11-6-2-1-3-7-11/h12-15,17H,4-11H2,1-3H3;11-15H,4-10H2,1-3H3;9-11,13,19H,2-8H2,1H3;8-11,17H,2-7H2,1H3;4*1-3,6-7H,4-5,8-10H2/q;;;;4*+1. The number of rotatable bonds is 36. The van der Waals surface area contributed by atoms with Crippen LogP contribution >= 0.6 is 0 Å². The van der Waals surface area contributed by atoms with Crippen LogP contribution in [0.3, 0.4) is 0 Å². The molecule has 4 saturated heterocycles. The molecule has 2 N–H and O–H groups in total. The van der Waals surface area contributed by atoms with Gasteiger partial charge in [-0.15, -0.1) is 0 Å². The zero-order chi connectivity index (χ0) is 108. The molecule has 150 heavy (non-hydrogen) atoms. The maximum absolute atomic E-state index is 13.2. The van der Waals surface area contributed by atoms with Crippen LogP contribution in [0.1, 0.15) is 277 Å². The number of benzene rings is 4. The van der Waals surface area contributed by atoms with Crippen LogP contribution in [0, 0.1) is 92.7 Å². The van der Waals surface area contributed by atoms with E-state index in [-0.39, 0.29) is 119 Å². The zero-order valence-electron chi connectivity index (χ0n) is 88.6. The molecule has 4 aliphatic heterocycles. The molecule has 22 nitrogen and oxygen atoms in total. The number of carbonyl (C=O) groups is 10. The highest BCUT2D eigenvalue weighted by atomic mass is 32.2. The quantitative estimate of drug-likeness (QED) is 0.0107. The first-order valence-corrected chi connectivity index (χ1v) is 61.5. The molecule has 16 saturated carbocycles. The number of aliphatic hydroxyl groups excluding tert-OH is 2. The van der Waals surface area contributed by atoms with Crippen LogP contribution < -0.4 is 0 Å². The Kier molecular flexibility index (Phi) is 43.8. The highest BCUT2D eigenvalue weighted by Crippen LogP contribution is 2.65. The summed E-state index contributed by atoms with van der Waals surface area (Å²) in [6.07, 6.45) is 28.0. The molecule has 16 aliphatic carbocycles. The van der Waals surface area contributed by atoms with Crippen molar-refractivity contribution in [2.45, 2.75) is 296 Å². The Morgan fingerprint density at radius 3 is 0.720 bits per heavy atom. The van der Waals surface area contributed by atoms with E-state index >= 15 is 0 Å². The van der Waals surface area contributed by atoms with Crippen LogP contribution in [0.2, 0.25) is 0 Å². The number of halogens is 8. The van der Waals surface area contributed by atoms with Gasteiger partial charge in [-0.25, -0.2) is 28.8 Å². The Hall–Kier alpha value is -7.02. The number of hydrogen-bond acceptors (Lipinski definition) is 22. The lowest BCUT2D eigenvalue weighted by atomic mass is 9.48. The fraction of sp³-hybridized carbons (Fsp3) is 0.707. The van der Waals surface area contributed by atoms with Gasteiger partial charge < -0.3 is 57.6 Å². The van der Waals surface area contributed by atoms with Crippen LogP contribution in [0.5, 0.6) is 0 Å². The van der Waals surface area contributed by atoms with Gasteiger partial charge in [0.25, 0.3) is 0 Å². The Labute approximate surface area is 891 Å². The summed E-state index contributed by atoms with van der Waals surface area (Å²) in [7, 11) is 1.57. The highest BCUT2D eigenvalue weighted by molar-refractivity contribution is 7.98. The SMILES string of the molecule is CC(F)(F)C(=O)OC1C2CC3CC1CC(CO)(C3)C2.CC(F)(F)C(=O)OCC(=O)OC1C2CC3CC1CC(CO)(C3)C2.CCOC(C)OCC12CC3CC(C1)C(OC(=O)C(C)(F)F)C(C3)C2.CCOC(C)OCC12CC3CC(C1)C(OC(=O)COC(=O)C(C)(F)F)C(C3)C2.O=C(C[S+]1CCCC1)c1ccccc1.O=C(C[S+]1CCCC1)c1ccccc1.O=C(C[S+]1CCCC1)c1ccccc1.O=C(C[S+]1CCCC1)c1ccccc1. The summed E-state index contributed by atoms with van der Waals surface area (Å²) >= 11 is 0. The Morgan fingerprint density at radius 2 is 0.513 bits per heavy atom. The molecule has 34 heteroatoms. The van der Waals surface area contributed by atoms with Crippen molar-refractivity contribution in [1.82, 2.24) is 0 Å². The third-order valence-corrected chi connectivity index (χ3v) is 42.9. The monoisotopic (exact) mass is 2190 g/mol. The smallest absolute Gasteiger partial charge is 0.377 e. The van der Waals surface area contributed by atoms with Crippen molar-refractivity contribution in [1.29, 1.82) is 0 Å². The van der Waals surface area contributed by atoms with E-state index in [2.05, 4.69) is 9.47 Å². The summed E-state index contributed by atoms with van der Waals surface area (Å²) < 4.78 is 156. The van der Waals surface area contributed by atoms with E-state index in [1.165, 1.54) is 97.4 Å². The van der Waals surface area contributed by atoms with Gasteiger partial charge in [0.15, 0.2) is 48.8 Å². The van der Waals surface area contributed by atoms with Gasteiger partial charge in [0.2, 0.25) is 23.1 Å². The highest BCUT2D eigenvalue weighted by Gasteiger charge is 2.62. The zero-order valence-corrected chi connectivity index (χ0v) is 91.9. The summed E-state index contributed by atoms with van der Waals surface area (Å²) in [5, 5.41) is 19.3. The van der Waals surface area contributed by atoms with E-state index in [4.69, 9.17) is 37.9 Å². The number of esters is 6. The fourth-order valence-electron chi connectivity index (χ4n) is 27.6. The number of ether oxygens (including phenoxy) is 10. The first kappa shape index (κ1) is 120. The molecule has 10 unspecified atom stereocenters. The summed E-state index contributed by atoms with van der Waals surface area (Å²) in [6.45, 7) is 11.0. The molecule has 0 spiro atoms. The van der Waals surface area contributed by atoms with E-state index in [9.17, 15) is 93.3 Å². The fourth-order valence-corrected chi connectivity index (χ4v) is 36.6. The van der Waals surface area contributed by atoms with Gasteiger partial charge in [0, 0.05) is 76.4 Å². The van der Waals surface area contributed by atoms with E-state index in [1.807, 2.05) is 149 Å². The molecule has 0 aromatic heterocycles. The van der Waals surface area contributed by atoms with E-state index in [1.54, 1.807) is 0 Å². The number of Topliss-reactive ketones (excluding diaryl/α,β-unsaturated/α-hetero) is 4. The van der Waals surface area contributed by atoms with Crippen LogP contribution in [-0.4, -0.2) is 252 Å². The minimum Gasteiger partial charge on any atom is -0.459 e. The molecule has 832 valence electrons. The van der Waals surface area contributed by atoms with Gasteiger partial charge in [-0.2, -0.15) is 35.1 Å². The van der Waals surface area contributed by atoms with Crippen molar-refractivity contribution >= 4 is 103 Å². The van der Waals surface area contributed by atoms with E-state index < -0.39 is 72.7 Å². The van der Waals surface area contributed by atoms with Crippen molar-refractivity contribution in [3.8, 4) is 0 Å². The predicted octanol–water partition coefficient (Wildman–Crippen LogP) is 20.5. The molecule has 0 amide bonds. The van der Waals surface area contributed by atoms with Crippen LogP contribution in [0.25, 0.3) is 0 Å². The molecule has 4 aromatic rings. The third kappa shape index (κ3) is 34.5. The first-order chi connectivity index (χ1) is 71.3. The van der Waals surface area contributed by atoms with E-state index in [0.717, 1.165) is 174 Å². The van der Waals surface area contributed by atoms with Gasteiger partial charge in [-0.05, 0) is 344 Å². The number of ketones is 4. The average Bonchev–Trinajstić information content (AvgIpc) is 1.36.